The molecule has 1 fully saturated rings. The fraction of sp³-hybridized carbons (Fsp3) is 0.895. The summed E-state index contributed by atoms with van der Waals surface area (Å²) < 4.78 is 5.69. The molecule has 1 aliphatic carbocycles. The highest BCUT2D eigenvalue weighted by Crippen LogP contribution is 2.19. The van der Waals surface area contributed by atoms with E-state index >= 15 is 0 Å². The Morgan fingerprint density at radius 1 is 0.833 bits per heavy atom. The minimum Gasteiger partial charge on any atom is -0.465 e. The number of nitrogens with one attached hydrogen (secondary N) is 1. The van der Waals surface area contributed by atoms with Crippen molar-refractivity contribution in [3.8, 4) is 0 Å². The van der Waals surface area contributed by atoms with Crippen molar-refractivity contribution in [2.45, 2.75) is 102 Å². The summed E-state index contributed by atoms with van der Waals surface area (Å²) in [5.74, 6) is -0.0849. The fourth-order valence-electron chi connectivity index (χ4n) is 3.25. The molecule has 1 rings (SSSR count). The maximum Gasteiger partial charge on any atom is 0.404 e. The number of carbonyl (C=O) groups excluding carboxylic acids is 1. The van der Waals surface area contributed by atoms with E-state index in [0.717, 1.165) is 32.1 Å². The molecular weight excluding hydrogens is 306 g/mol. The van der Waals surface area contributed by atoms with Crippen LogP contribution in [0.15, 0.2) is 0 Å². The van der Waals surface area contributed by atoms with Crippen LogP contribution in [0, 0.1) is 0 Å². The molecule has 0 unspecified atom stereocenters. The van der Waals surface area contributed by atoms with Crippen molar-refractivity contribution in [3.05, 3.63) is 0 Å². The lowest BCUT2D eigenvalue weighted by Gasteiger charge is -2.18. The third kappa shape index (κ3) is 12.2. The van der Waals surface area contributed by atoms with Gasteiger partial charge in [0, 0.05) is 13.0 Å². The van der Waals surface area contributed by atoms with Crippen molar-refractivity contribution in [3.63, 3.8) is 0 Å². The summed E-state index contributed by atoms with van der Waals surface area (Å²) in [7, 11) is 0. The van der Waals surface area contributed by atoms with Crippen molar-refractivity contribution < 1.29 is 19.4 Å². The molecule has 0 radical (unpaired) electrons. The Bertz CT molecular complexity index is 334. The number of unbranched alkanes of at least 4 members (excludes halogenated alkanes) is 2. The summed E-state index contributed by atoms with van der Waals surface area (Å²) in [6.07, 6.45) is 15.5. The van der Waals surface area contributed by atoms with E-state index < -0.39 is 6.09 Å². The standard InChI is InChI=1S/C19H35NO4/c21-18(15-11-8-12-16-20-19(22)23)24-17-13-9-6-4-2-1-3-5-7-10-14-17/h17,20H,1-16H2,(H,22,23). The zero-order valence-corrected chi connectivity index (χ0v) is 15.1. The highest BCUT2D eigenvalue weighted by Gasteiger charge is 2.14. The lowest BCUT2D eigenvalue weighted by atomic mass is 9.99. The molecule has 2 N–H and O–H groups in total. The monoisotopic (exact) mass is 341 g/mol. The van der Waals surface area contributed by atoms with Gasteiger partial charge in [0.15, 0.2) is 0 Å². The average molecular weight is 341 g/mol. The van der Waals surface area contributed by atoms with E-state index in [1.165, 1.54) is 57.8 Å². The maximum absolute atomic E-state index is 12.0. The van der Waals surface area contributed by atoms with Crippen molar-refractivity contribution in [1.29, 1.82) is 0 Å². The van der Waals surface area contributed by atoms with Gasteiger partial charge in [0.05, 0.1) is 0 Å². The Morgan fingerprint density at radius 3 is 1.92 bits per heavy atom. The number of carbonyl (C=O) groups is 2. The topological polar surface area (TPSA) is 75.6 Å². The molecular formula is C19H35NO4. The van der Waals surface area contributed by atoms with Crippen molar-refractivity contribution in [2.24, 2.45) is 0 Å². The van der Waals surface area contributed by atoms with E-state index in [4.69, 9.17) is 9.84 Å². The van der Waals surface area contributed by atoms with Crippen LogP contribution >= 0.6 is 0 Å². The molecule has 1 aliphatic rings. The predicted molar refractivity (Wildman–Crippen MR) is 95.2 cm³/mol. The minimum absolute atomic E-state index is 0.0849. The van der Waals surface area contributed by atoms with E-state index in [1.807, 2.05) is 0 Å². The molecule has 0 spiro atoms. The van der Waals surface area contributed by atoms with E-state index in [-0.39, 0.29) is 12.1 Å². The minimum atomic E-state index is -0.989. The predicted octanol–water partition coefficient (Wildman–Crippen LogP) is 5.03. The van der Waals surface area contributed by atoms with E-state index in [2.05, 4.69) is 5.32 Å². The number of ether oxygens (including phenoxy) is 1. The highest BCUT2D eigenvalue weighted by atomic mass is 16.5. The van der Waals surface area contributed by atoms with Crippen molar-refractivity contribution in [1.82, 2.24) is 5.32 Å². The second-order valence-electron chi connectivity index (χ2n) is 6.91. The van der Waals surface area contributed by atoms with Crippen LogP contribution in [0.3, 0.4) is 0 Å². The lowest BCUT2D eigenvalue weighted by molar-refractivity contribution is -0.150. The molecule has 5 nitrogen and oxygen atoms in total. The van der Waals surface area contributed by atoms with Gasteiger partial charge < -0.3 is 15.2 Å². The second-order valence-corrected chi connectivity index (χ2v) is 6.91. The van der Waals surface area contributed by atoms with Crippen LogP contribution in [0.2, 0.25) is 0 Å². The molecule has 0 aromatic heterocycles. The summed E-state index contributed by atoms with van der Waals surface area (Å²) in [6, 6.07) is 0. The van der Waals surface area contributed by atoms with Crippen LogP contribution in [0.5, 0.6) is 0 Å². The second kappa shape index (κ2) is 14.1. The van der Waals surface area contributed by atoms with Gasteiger partial charge in [0.2, 0.25) is 0 Å². The molecule has 0 bridgehead atoms. The van der Waals surface area contributed by atoms with Crippen molar-refractivity contribution >= 4 is 12.1 Å². The third-order valence-corrected chi connectivity index (χ3v) is 4.68. The van der Waals surface area contributed by atoms with Gasteiger partial charge in [-0.25, -0.2) is 4.79 Å². The number of rotatable bonds is 7. The molecule has 0 atom stereocenters. The summed E-state index contributed by atoms with van der Waals surface area (Å²) in [5, 5.41) is 10.8. The van der Waals surface area contributed by atoms with Gasteiger partial charge in [-0.05, 0) is 38.5 Å². The smallest absolute Gasteiger partial charge is 0.404 e. The first-order chi connectivity index (χ1) is 11.7. The summed E-state index contributed by atoms with van der Waals surface area (Å²) in [5.41, 5.74) is 0. The van der Waals surface area contributed by atoms with Crippen LogP contribution in [-0.2, 0) is 9.53 Å². The van der Waals surface area contributed by atoms with Gasteiger partial charge in [-0.15, -0.1) is 0 Å². The fourth-order valence-corrected chi connectivity index (χ4v) is 3.25. The normalized spacial score (nSPS) is 18.2. The van der Waals surface area contributed by atoms with E-state index in [9.17, 15) is 9.59 Å². The Kier molecular flexibility index (Phi) is 12.2. The highest BCUT2D eigenvalue weighted by molar-refractivity contribution is 5.69. The molecule has 140 valence electrons. The first-order valence-corrected chi connectivity index (χ1v) is 9.85. The van der Waals surface area contributed by atoms with Crippen LogP contribution < -0.4 is 5.32 Å². The zero-order valence-electron chi connectivity index (χ0n) is 15.1. The van der Waals surface area contributed by atoms with Gasteiger partial charge in [-0.2, -0.15) is 0 Å². The molecule has 0 aliphatic heterocycles. The van der Waals surface area contributed by atoms with E-state index in [1.54, 1.807) is 0 Å². The van der Waals surface area contributed by atoms with Gasteiger partial charge >= 0.3 is 12.1 Å². The van der Waals surface area contributed by atoms with Crippen molar-refractivity contribution in [2.75, 3.05) is 6.54 Å². The molecule has 5 heteroatoms. The average Bonchev–Trinajstić information content (AvgIpc) is 2.53. The van der Waals surface area contributed by atoms with Gasteiger partial charge in [0.25, 0.3) is 0 Å². The first kappa shape index (κ1) is 20.8. The van der Waals surface area contributed by atoms with E-state index in [0.29, 0.717) is 13.0 Å². The molecule has 0 heterocycles. The third-order valence-electron chi connectivity index (χ3n) is 4.68. The number of amides is 1. The molecule has 1 saturated carbocycles. The number of esters is 1. The van der Waals surface area contributed by atoms with Crippen LogP contribution in [0.1, 0.15) is 96.3 Å². The molecule has 0 saturated heterocycles. The molecule has 1 amide bonds. The molecule has 0 aromatic rings. The van der Waals surface area contributed by atoms with Gasteiger partial charge in [0.1, 0.15) is 6.10 Å². The first-order valence-electron chi connectivity index (χ1n) is 9.85. The van der Waals surface area contributed by atoms with Gasteiger partial charge in [-0.1, -0.05) is 51.4 Å². The Hall–Kier alpha value is -1.26. The quantitative estimate of drug-likeness (QED) is 0.503. The lowest BCUT2D eigenvalue weighted by Crippen LogP contribution is -2.21. The zero-order chi connectivity index (χ0) is 17.5. The Morgan fingerprint density at radius 2 is 1.38 bits per heavy atom. The molecule has 24 heavy (non-hydrogen) atoms. The summed E-state index contributed by atoms with van der Waals surface area (Å²) in [6.45, 7) is 0.451. The van der Waals surface area contributed by atoms with Crippen LogP contribution in [0.25, 0.3) is 0 Å². The van der Waals surface area contributed by atoms with Crippen LogP contribution in [-0.4, -0.2) is 29.8 Å². The summed E-state index contributed by atoms with van der Waals surface area (Å²) >= 11 is 0. The summed E-state index contributed by atoms with van der Waals surface area (Å²) in [4.78, 5) is 22.3. The largest absolute Gasteiger partial charge is 0.465 e. The van der Waals surface area contributed by atoms with Crippen LogP contribution in [0.4, 0.5) is 4.79 Å². The Balaban J connectivity index is 2.15. The Labute approximate surface area is 146 Å². The van der Waals surface area contributed by atoms with Gasteiger partial charge in [-0.3, -0.25) is 4.79 Å². The molecule has 0 aromatic carbocycles. The maximum atomic E-state index is 12.0. The number of carboxylic acid groups (broad SMARTS) is 1. The SMILES string of the molecule is O=C(O)NCCCCCC(=O)OC1CCCCCCCCCCC1. The number of hydrogen-bond donors (Lipinski definition) is 2. The number of hydrogen-bond acceptors (Lipinski definition) is 3.